The van der Waals surface area contributed by atoms with Crippen LogP contribution in [0.1, 0.15) is 13.3 Å². The molecule has 0 fully saturated rings. The van der Waals surface area contributed by atoms with Crippen LogP contribution in [-0.4, -0.2) is 27.5 Å². The highest BCUT2D eigenvalue weighted by Crippen LogP contribution is 2.11. The van der Waals surface area contributed by atoms with E-state index >= 15 is 0 Å². The van der Waals surface area contributed by atoms with E-state index in [-0.39, 0.29) is 16.4 Å². The molecule has 0 amide bonds. The van der Waals surface area contributed by atoms with Crippen LogP contribution < -0.4 is 0 Å². The SMILES string of the molecule is CC(C(Br)CCO)[N+](=O)[O-]. The van der Waals surface area contributed by atoms with E-state index in [1.165, 1.54) is 6.92 Å². The van der Waals surface area contributed by atoms with Crippen LogP contribution in [0.4, 0.5) is 0 Å². The van der Waals surface area contributed by atoms with Gasteiger partial charge in [-0.2, -0.15) is 0 Å². The Hall–Kier alpha value is -0.160. The summed E-state index contributed by atoms with van der Waals surface area (Å²) < 4.78 is 0. The van der Waals surface area contributed by atoms with Crippen LogP contribution in [0.2, 0.25) is 0 Å². The molecule has 0 heterocycles. The van der Waals surface area contributed by atoms with Gasteiger partial charge in [-0.15, -0.1) is 0 Å². The van der Waals surface area contributed by atoms with E-state index in [9.17, 15) is 10.1 Å². The molecule has 1 N–H and O–H groups in total. The summed E-state index contributed by atoms with van der Waals surface area (Å²) in [5.41, 5.74) is 0. The fraction of sp³-hybridized carbons (Fsp3) is 1.00. The topological polar surface area (TPSA) is 63.4 Å². The molecule has 0 bridgehead atoms. The first kappa shape index (κ1) is 9.84. The second-order valence-corrected chi connectivity index (χ2v) is 3.23. The van der Waals surface area contributed by atoms with Gasteiger partial charge in [0, 0.05) is 18.5 Å². The predicted octanol–water partition coefficient (Wildman–Crippen LogP) is 0.797. The van der Waals surface area contributed by atoms with Gasteiger partial charge in [-0.3, -0.25) is 10.1 Å². The van der Waals surface area contributed by atoms with E-state index in [1.54, 1.807) is 0 Å². The Morgan fingerprint density at radius 2 is 2.30 bits per heavy atom. The Morgan fingerprint density at radius 1 is 1.80 bits per heavy atom. The molecule has 0 saturated carbocycles. The quantitative estimate of drug-likeness (QED) is 0.425. The first-order valence-electron chi connectivity index (χ1n) is 2.98. The van der Waals surface area contributed by atoms with E-state index in [0.29, 0.717) is 6.42 Å². The molecule has 5 heteroatoms. The van der Waals surface area contributed by atoms with Gasteiger partial charge >= 0.3 is 0 Å². The molecular weight excluding hydrogens is 202 g/mol. The number of aliphatic hydroxyl groups is 1. The predicted molar refractivity (Wildman–Crippen MR) is 40.9 cm³/mol. The molecule has 0 saturated heterocycles. The van der Waals surface area contributed by atoms with Crippen LogP contribution in [0.3, 0.4) is 0 Å². The number of nitro groups is 1. The average molecular weight is 212 g/mol. The van der Waals surface area contributed by atoms with Crippen molar-refractivity contribution in [3.05, 3.63) is 10.1 Å². The van der Waals surface area contributed by atoms with Crippen molar-refractivity contribution < 1.29 is 10.0 Å². The molecule has 0 aromatic rings. The highest BCUT2D eigenvalue weighted by molar-refractivity contribution is 9.09. The van der Waals surface area contributed by atoms with E-state index in [0.717, 1.165) is 0 Å². The summed E-state index contributed by atoms with van der Waals surface area (Å²) in [4.78, 5) is 9.51. The summed E-state index contributed by atoms with van der Waals surface area (Å²) in [6.45, 7) is 1.49. The summed E-state index contributed by atoms with van der Waals surface area (Å²) in [5.74, 6) is 0. The monoisotopic (exact) mass is 211 g/mol. The Kier molecular flexibility index (Phi) is 4.55. The van der Waals surface area contributed by atoms with Crippen LogP contribution in [0.15, 0.2) is 0 Å². The molecule has 0 spiro atoms. The molecule has 0 aliphatic heterocycles. The molecule has 4 nitrogen and oxygen atoms in total. The van der Waals surface area contributed by atoms with Gasteiger partial charge in [0.2, 0.25) is 6.04 Å². The van der Waals surface area contributed by atoms with Crippen molar-refractivity contribution in [3.8, 4) is 0 Å². The van der Waals surface area contributed by atoms with E-state index < -0.39 is 6.04 Å². The van der Waals surface area contributed by atoms with Gasteiger partial charge in [-0.25, -0.2) is 0 Å². The zero-order valence-electron chi connectivity index (χ0n) is 5.66. The molecular formula is C5H10BrNO3. The summed E-state index contributed by atoms with van der Waals surface area (Å²) in [5, 5.41) is 18.5. The molecule has 0 rings (SSSR count). The molecule has 10 heavy (non-hydrogen) atoms. The van der Waals surface area contributed by atoms with Gasteiger partial charge in [-0.1, -0.05) is 15.9 Å². The fourth-order valence-corrected chi connectivity index (χ4v) is 0.894. The lowest BCUT2D eigenvalue weighted by Gasteiger charge is -2.08. The number of aliphatic hydroxyl groups excluding tert-OH is 1. The molecule has 0 aliphatic rings. The minimum Gasteiger partial charge on any atom is -0.396 e. The molecule has 2 unspecified atom stereocenters. The number of alkyl halides is 1. The molecule has 0 aromatic heterocycles. The zero-order chi connectivity index (χ0) is 8.15. The minimum absolute atomic E-state index is 0.0197. The number of nitrogens with zero attached hydrogens (tertiary/aromatic N) is 1. The van der Waals surface area contributed by atoms with Gasteiger partial charge in [0.1, 0.15) is 0 Å². The van der Waals surface area contributed by atoms with E-state index in [4.69, 9.17) is 5.11 Å². The second kappa shape index (κ2) is 4.62. The summed E-state index contributed by atoms with van der Waals surface area (Å²) in [6.07, 6.45) is 0.419. The first-order valence-corrected chi connectivity index (χ1v) is 3.89. The maximum absolute atomic E-state index is 10.1. The smallest absolute Gasteiger partial charge is 0.222 e. The van der Waals surface area contributed by atoms with Crippen molar-refractivity contribution in [2.45, 2.75) is 24.2 Å². The summed E-state index contributed by atoms with van der Waals surface area (Å²) in [6, 6.07) is -0.632. The highest BCUT2D eigenvalue weighted by Gasteiger charge is 2.22. The largest absolute Gasteiger partial charge is 0.396 e. The maximum atomic E-state index is 10.1. The highest BCUT2D eigenvalue weighted by atomic mass is 79.9. The fourth-order valence-electron chi connectivity index (χ4n) is 0.497. The Balaban J connectivity index is 3.69. The van der Waals surface area contributed by atoms with Crippen molar-refractivity contribution in [1.82, 2.24) is 0 Å². The van der Waals surface area contributed by atoms with Gasteiger partial charge in [0.05, 0.1) is 4.83 Å². The van der Waals surface area contributed by atoms with Crippen molar-refractivity contribution in [1.29, 1.82) is 0 Å². The zero-order valence-corrected chi connectivity index (χ0v) is 7.24. The molecule has 0 aliphatic carbocycles. The van der Waals surface area contributed by atoms with Gasteiger partial charge < -0.3 is 5.11 Å². The number of rotatable bonds is 4. The number of hydrogen-bond acceptors (Lipinski definition) is 3. The number of hydrogen-bond donors (Lipinski definition) is 1. The Labute approximate surface area is 67.5 Å². The molecule has 0 radical (unpaired) electrons. The van der Waals surface area contributed by atoms with Crippen LogP contribution >= 0.6 is 15.9 Å². The third-order valence-electron chi connectivity index (χ3n) is 1.26. The van der Waals surface area contributed by atoms with Gasteiger partial charge in [-0.05, 0) is 6.42 Å². The Bertz CT molecular complexity index is 119. The summed E-state index contributed by atoms with van der Waals surface area (Å²) in [7, 11) is 0. The van der Waals surface area contributed by atoms with Crippen molar-refractivity contribution in [3.63, 3.8) is 0 Å². The average Bonchev–Trinajstić information content (AvgIpc) is 1.87. The maximum Gasteiger partial charge on any atom is 0.222 e. The van der Waals surface area contributed by atoms with E-state index in [2.05, 4.69) is 15.9 Å². The lowest BCUT2D eigenvalue weighted by molar-refractivity contribution is -0.517. The molecule has 60 valence electrons. The molecule has 2 atom stereocenters. The van der Waals surface area contributed by atoms with Crippen molar-refractivity contribution in [2.24, 2.45) is 0 Å². The molecule has 0 aromatic carbocycles. The number of halogens is 1. The standard InChI is InChI=1S/C5H10BrNO3/c1-4(7(9)10)5(6)2-3-8/h4-5,8H,2-3H2,1H3. The van der Waals surface area contributed by atoms with Crippen LogP contribution in [0.5, 0.6) is 0 Å². The van der Waals surface area contributed by atoms with Crippen molar-refractivity contribution in [2.75, 3.05) is 6.61 Å². The third-order valence-corrected chi connectivity index (χ3v) is 2.48. The summed E-state index contributed by atoms with van der Waals surface area (Å²) >= 11 is 3.10. The lowest BCUT2D eigenvalue weighted by Crippen LogP contribution is -2.26. The van der Waals surface area contributed by atoms with Crippen LogP contribution in [0, 0.1) is 10.1 Å². The van der Waals surface area contributed by atoms with Crippen LogP contribution in [0.25, 0.3) is 0 Å². The van der Waals surface area contributed by atoms with Crippen molar-refractivity contribution >= 4 is 15.9 Å². The normalized spacial score (nSPS) is 16.3. The van der Waals surface area contributed by atoms with Gasteiger partial charge in [0.15, 0.2) is 0 Å². The lowest BCUT2D eigenvalue weighted by atomic mass is 10.2. The second-order valence-electron chi connectivity index (χ2n) is 2.05. The van der Waals surface area contributed by atoms with Crippen LogP contribution in [-0.2, 0) is 0 Å². The van der Waals surface area contributed by atoms with Gasteiger partial charge in [0.25, 0.3) is 0 Å². The third kappa shape index (κ3) is 3.12. The van der Waals surface area contributed by atoms with E-state index in [1.807, 2.05) is 0 Å². The minimum atomic E-state index is -0.632. The Morgan fingerprint density at radius 3 is 2.60 bits per heavy atom. The first-order chi connectivity index (χ1) is 4.59.